The Hall–Kier alpha value is -2.25. The first-order valence-electron chi connectivity index (χ1n) is 10.4. The Morgan fingerprint density at radius 3 is 2.59 bits per heavy atom. The number of piperidine rings is 1. The molecule has 154 valence electrons. The SMILES string of the molecule is Cc1nc(CN2CCC(C(=O)NCc3ccc(N4CCCC4=O)cc3)CC2)cs1. The molecular weight excluding hydrogens is 384 g/mol. The number of thiazole rings is 1. The van der Waals surface area contributed by atoms with Gasteiger partial charge in [0.25, 0.3) is 0 Å². The van der Waals surface area contributed by atoms with E-state index in [-0.39, 0.29) is 17.7 Å². The van der Waals surface area contributed by atoms with Gasteiger partial charge in [0, 0.05) is 43.0 Å². The van der Waals surface area contributed by atoms with Crippen LogP contribution in [0.2, 0.25) is 0 Å². The normalized spacial score (nSPS) is 18.4. The van der Waals surface area contributed by atoms with Gasteiger partial charge in [-0.05, 0) is 57.0 Å². The van der Waals surface area contributed by atoms with Crippen LogP contribution >= 0.6 is 11.3 Å². The molecule has 0 radical (unpaired) electrons. The smallest absolute Gasteiger partial charge is 0.227 e. The van der Waals surface area contributed by atoms with E-state index in [1.165, 1.54) is 0 Å². The first-order chi connectivity index (χ1) is 14.1. The summed E-state index contributed by atoms with van der Waals surface area (Å²) in [5.74, 6) is 0.431. The molecule has 6 nitrogen and oxygen atoms in total. The summed E-state index contributed by atoms with van der Waals surface area (Å²) in [6.07, 6.45) is 3.36. The predicted octanol–water partition coefficient (Wildman–Crippen LogP) is 3.11. The largest absolute Gasteiger partial charge is 0.352 e. The van der Waals surface area contributed by atoms with Crippen molar-refractivity contribution in [2.24, 2.45) is 5.92 Å². The minimum Gasteiger partial charge on any atom is -0.352 e. The Bertz CT molecular complexity index is 856. The number of carbonyl (C=O) groups excluding carboxylic acids is 2. The molecular formula is C22H28N4O2S. The zero-order valence-electron chi connectivity index (χ0n) is 16.9. The van der Waals surface area contributed by atoms with Gasteiger partial charge in [0.2, 0.25) is 11.8 Å². The van der Waals surface area contributed by atoms with E-state index in [9.17, 15) is 9.59 Å². The average Bonchev–Trinajstić information content (AvgIpc) is 3.35. The molecule has 0 bridgehead atoms. The van der Waals surface area contributed by atoms with Gasteiger partial charge in [-0.25, -0.2) is 4.98 Å². The summed E-state index contributed by atoms with van der Waals surface area (Å²) in [4.78, 5) is 33.2. The van der Waals surface area contributed by atoms with Crippen LogP contribution in [0.3, 0.4) is 0 Å². The summed E-state index contributed by atoms with van der Waals surface area (Å²) < 4.78 is 0. The molecule has 2 aliphatic heterocycles. The zero-order chi connectivity index (χ0) is 20.2. The van der Waals surface area contributed by atoms with Crippen LogP contribution in [0.15, 0.2) is 29.6 Å². The molecule has 1 N–H and O–H groups in total. The number of hydrogen-bond donors (Lipinski definition) is 1. The van der Waals surface area contributed by atoms with Crippen molar-refractivity contribution in [2.75, 3.05) is 24.5 Å². The number of benzene rings is 1. The second-order valence-electron chi connectivity index (χ2n) is 7.94. The van der Waals surface area contributed by atoms with Crippen molar-refractivity contribution < 1.29 is 9.59 Å². The number of nitrogens with zero attached hydrogens (tertiary/aromatic N) is 3. The molecule has 4 rings (SSSR count). The molecule has 2 saturated heterocycles. The highest BCUT2D eigenvalue weighted by molar-refractivity contribution is 7.09. The second kappa shape index (κ2) is 9.05. The van der Waals surface area contributed by atoms with Gasteiger partial charge in [-0.15, -0.1) is 11.3 Å². The third kappa shape index (κ3) is 5.03. The number of aryl methyl sites for hydroxylation is 1. The lowest BCUT2D eigenvalue weighted by Crippen LogP contribution is -2.40. The molecule has 0 saturated carbocycles. The van der Waals surface area contributed by atoms with Crippen molar-refractivity contribution in [1.82, 2.24) is 15.2 Å². The topological polar surface area (TPSA) is 65.5 Å². The van der Waals surface area contributed by atoms with Crippen LogP contribution in [0.4, 0.5) is 5.69 Å². The van der Waals surface area contributed by atoms with Gasteiger partial charge in [-0.1, -0.05) is 12.1 Å². The first-order valence-corrected chi connectivity index (χ1v) is 11.3. The van der Waals surface area contributed by atoms with Crippen molar-refractivity contribution in [3.05, 3.63) is 45.9 Å². The Labute approximate surface area is 175 Å². The highest BCUT2D eigenvalue weighted by atomic mass is 32.1. The lowest BCUT2D eigenvalue weighted by molar-refractivity contribution is -0.126. The standard InChI is InChI=1S/C22H28N4O2S/c1-16-24-19(15-29-16)14-25-11-8-18(9-12-25)22(28)23-13-17-4-6-20(7-5-17)26-10-2-3-21(26)27/h4-7,15,18H,2-3,8-14H2,1H3,(H,23,28). The first kappa shape index (κ1) is 20.0. The van der Waals surface area contributed by atoms with E-state index < -0.39 is 0 Å². The van der Waals surface area contributed by atoms with E-state index in [2.05, 4.69) is 20.6 Å². The number of aromatic nitrogens is 1. The summed E-state index contributed by atoms with van der Waals surface area (Å²) in [7, 11) is 0. The molecule has 0 unspecified atom stereocenters. The quantitative estimate of drug-likeness (QED) is 0.792. The van der Waals surface area contributed by atoms with E-state index in [1.807, 2.05) is 36.1 Å². The number of likely N-dealkylation sites (tertiary alicyclic amines) is 1. The average molecular weight is 413 g/mol. The summed E-state index contributed by atoms with van der Waals surface area (Å²) in [5, 5.41) is 6.32. The second-order valence-corrected chi connectivity index (χ2v) is 9.00. The molecule has 2 fully saturated rings. The van der Waals surface area contributed by atoms with Crippen molar-refractivity contribution >= 4 is 28.8 Å². The van der Waals surface area contributed by atoms with Crippen LogP contribution in [0, 0.1) is 12.8 Å². The van der Waals surface area contributed by atoms with Crippen LogP contribution < -0.4 is 10.2 Å². The predicted molar refractivity (Wildman–Crippen MR) is 115 cm³/mol. The molecule has 0 aliphatic carbocycles. The molecule has 2 aliphatic rings. The van der Waals surface area contributed by atoms with Gasteiger partial charge in [0.1, 0.15) is 0 Å². The molecule has 1 aromatic carbocycles. The Morgan fingerprint density at radius 1 is 1.21 bits per heavy atom. The lowest BCUT2D eigenvalue weighted by atomic mass is 9.95. The number of nitrogens with one attached hydrogen (secondary N) is 1. The molecule has 1 aromatic heterocycles. The molecule has 7 heteroatoms. The number of hydrogen-bond acceptors (Lipinski definition) is 5. The molecule has 2 aromatic rings. The van der Waals surface area contributed by atoms with Crippen molar-refractivity contribution in [3.8, 4) is 0 Å². The van der Waals surface area contributed by atoms with Gasteiger partial charge in [-0.2, -0.15) is 0 Å². The molecule has 29 heavy (non-hydrogen) atoms. The number of rotatable bonds is 6. The molecule has 0 atom stereocenters. The van der Waals surface area contributed by atoms with Gasteiger partial charge >= 0.3 is 0 Å². The zero-order valence-corrected chi connectivity index (χ0v) is 17.7. The fourth-order valence-electron chi connectivity index (χ4n) is 4.11. The van der Waals surface area contributed by atoms with Crippen LogP contribution in [0.5, 0.6) is 0 Å². The van der Waals surface area contributed by atoms with Crippen molar-refractivity contribution in [3.63, 3.8) is 0 Å². The van der Waals surface area contributed by atoms with Crippen LogP contribution in [-0.2, 0) is 22.7 Å². The summed E-state index contributed by atoms with van der Waals surface area (Å²) in [6, 6.07) is 7.95. The number of carbonyl (C=O) groups is 2. The summed E-state index contributed by atoms with van der Waals surface area (Å²) in [6.45, 7) is 6.12. The van der Waals surface area contributed by atoms with Gasteiger partial charge in [-0.3, -0.25) is 14.5 Å². The molecule has 0 spiro atoms. The van der Waals surface area contributed by atoms with E-state index >= 15 is 0 Å². The molecule has 3 heterocycles. The summed E-state index contributed by atoms with van der Waals surface area (Å²) >= 11 is 1.69. The van der Waals surface area contributed by atoms with E-state index in [0.717, 1.165) is 67.4 Å². The van der Waals surface area contributed by atoms with E-state index in [1.54, 1.807) is 11.3 Å². The van der Waals surface area contributed by atoms with Crippen LogP contribution in [0.1, 0.15) is 41.9 Å². The highest BCUT2D eigenvalue weighted by Crippen LogP contribution is 2.22. The monoisotopic (exact) mass is 412 g/mol. The van der Waals surface area contributed by atoms with Gasteiger partial charge in [0.15, 0.2) is 0 Å². The fourth-order valence-corrected chi connectivity index (χ4v) is 4.72. The third-order valence-corrected chi connectivity index (χ3v) is 6.62. The number of amides is 2. The van der Waals surface area contributed by atoms with Crippen LogP contribution in [-0.4, -0.2) is 41.3 Å². The van der Waals surface area contributed by atoms with Crippen molar-refractivity contribution in [1.29, 1.82) is 0 Å². The maximum Gasteiger partial charge on any atom is 0.227 e. The maximum atomic E-state index is 12.6. The lowest BCUT2D eigenvalue weighted by Gasteiger charge is -2.30. The highest BCUT2D eigenvalue weighted by Gasteiger charge is 2.25. The third-order valence-electron chi connectivity index (χ3n) is 5.80. The maximum absolute atomic E-state index is 12.6. The Balaban J connectivity index is 1.21. The van der Waals surface area contributed by atoms with Crippen molar-refractivity contribution in [2.45, 2.75) is 45.7 Å². The van der Waals surface area contributed by atoms with Crippen LogP contribution in [0.25, 0.3) is 0 Å². The summed E-state index contributed by atoms with van der Waals surface area (Å²) in [5.41, 5.74) is 3.14. The van der Waals surface area contributed by atoms with Gasteiger partial charge < -0.3 is 10.2 Å². The molecule has 2 amide bonds. The minimum absolute atomic E-state index is 0.0879. The van der Waals surface area contributed by atoms with E-state index in [0.29, 0.717) is 13.0 Å². The van der Waals surface area contributed by atoms with E-state index in [4.69, 9.17) is 0 Å². The fraction of sp³-hybridized carbons (Fsp3) is 0.500. The Morgan fingerprint density at radius 2 is 1.97 bits per heavy atom. The minimum atomic E-state index is 0.0879. The Kier molecular flexibility index (Phi) is 6.25. The number of anilines is 1. The van der Waals surface area contributed by atoms with Gasteiger partial charge in [0.05, 0.1) is 10.7 Å².